The van der Waals surface area contributed by atoms with Gasteiger partial charge in [0.25, 0.3) is 5.56 Å². The number of aryl methyl sites for hydroxylation is 2. The maximum Gasteiger partial charge on any atom is 0.332 e. The summed E-state index contributed by atoms with van der Waals surface area (Å²) in [7, 11) is 1.63. The summed E-state index contributed by atoms with van der Waals surface area (Å²) in [5.74, 6) is 0.581. The summed E-state index contributed by atoms with van der Waals surface area (Å²) in [5, 5.41) is 0. The van der Waals surface area contributed by atoms with Gasteiger partial charge in [0.2, 0.25) is 5.95 Å². The van der Waals surface area contributed by atoms with Crippen molar-refractivity contribution in [3.8, 4) is 0 Å². The number of fused-ring (bicyclic) bond motifs is 3. The van der Waals surface area contributed by atoms with Gasteiger partial charge in [-0.25, -0.2) is 9.18 Å². The molecule has 1 atom stereocenters. The van der Waals surface area contributed by atoms with Crippen LogP contribution in [0.5, 0.6) is 0 Å². The van der Waals surface area contributed by atoms with Gasteiger partial charge in [-0.2, -0.15) is 4.98 Å². The summed E-state index contributed by atoms with van der Waals surface area (Å²) in [6.07, 6.45) is 0. The minimum Gasteiger partial charge on any atom is -0.312 e. The molecule has 0 unspecified atom stereocenters. The Morgan fingerprint density at radius 3 is 2.56 bits per heavy atom. The highest BCUT2D eigenvalue weighted by atomic mass is 19.1. The first-order valence-corrected chi connectivity index (χ1v) is 10.6. The molecule has 1 aliphatic rings. The van der Waals surface area contributed by atoms with E-state index in [1.165, 1.54) is 21.3 Å². The Morgan fingerprint density at radius 2 is 1.84 bits per heavy atom. The van der Waals surface area contributed by atoms with Crippen LogP contribution in [0.15, 0.2) is 58.1 Å². The molecule has 5 rings (SSSR count). The maximum atomic E-state index is 13.5. The molecule has 3 heterocycles. The number of halogens is 1. The number of nitrogens with zero attached hydrogens (tertiary/aromatic N) is 5. The van der Waals surface area contributed by atoms with Crippen LogP contribution in [0, 0.1) is 18.7 Å². The normalized spacial score (nSPS) is 15.9. The van der Waals surface area contributed by atoms with Gasteiger partial charge in [0, 0.05) is 25.8 Å². The fraction of sp³-hybridized carbons (Fsp3) is 0.292. The van der Waals surface area contributed by atoms with Crippen molar-refractivity contribution >= 4 is 22.8 Å². The Balaban J connectivity index is 1.72. The summed E-state index contributed by atoms with van der Waals surface area (Å²) >= 11 is 0. The largest absolute Gasteiger partial charge is 0.332 e. The molecule has 0 N–H and O–H groups in total. The minimum atomic E-state index is -0.447. The van der Waals surface area contributed by atoms with Crippen LogP contribution in [0.1, 0.15) is 18.1 Å². The van der Waals surface area contributed by atoms with Gasteiger partial charge >= 0.3 is 5.69 Å². The predicted molar refractivity (Wildman–Crippen MR) is 122 cm³/mol. The van der Waals surface area contributed by atoms with Gasteiger partial charge in [-0.15, -0.1) is 0 Å². The lowest BCUT2D eigenvalue weighted by atomic mass is 10.1. The van der Waals surface area contributed by atoms with Crippen molar-refractivity contribution in [3.05, 3.63) is 86.3 Å². The molecule has 32 heavy (non-hydrogen) atoms. The Bertz CT molecular complexity index is 1450. The van der Waals surface area contributed by atoms with Crippen LogP contribution in [-0.2, 0) is 20.1 Å². The third-order valence-corrected chi connectivity index (χ3v) is 6.01. The molecule has 2 aromatic carbocycles. The average Bonchev–Trinajstić information content (AvgIpc) is 3.15. The molecular formula is C24H24FN5O2. The number of hydrogen-bond donors (Lipinski definition) is 0. The minimum absolute atomic E-state index is 0.0688. The topological polar surface area (TPSA) is 65.1 Å². The molecule has 1 aliphatic heterocycles. The van der Waals surface area contributed by atoms with Gasteiger partial charge in [-0.05, 0) is 48.2 Å². The highest BCUT2D eigenvalue weighted by Gasteiger charge is 2.29. The van der Waals surface area contributed by atoms with Gasteiger partial charge in [-0.1, -0.05) is 31.2 Å². The average molecular weight is 433 g/mol. The molecule has 0 fully saturated rings. The van der Waals surface area contributed by atoms with Crippen LogP contribution in [0.3, 0.4) is 0 Å². The van der Waals surface area contributed by atoms with E-state index < -0.39 is 5.69 Å². The molecule has 0 aliphatic carbocycles. The van der Waals surface area contributed by atoms with Crippen LogP contribution in [0.2, 0.25) is 0 Å². The molecule has 4 aromatic rings. The van der Waals surface area contributed by atoms with Crippen molar-refractivity contribution in [1.82, 2.24) is 18.7 Å². The molecular weight excluding hydrogens is 409 g/mol. The van der Waals surface area contributed by atoms with E-state index in [-0.39, 0.29) is 23.8 Å². The summed E-state index contributed by atoms with van der Waals surface area (Å²) in [4.78, 5) is 33.4. The summed E-state index contributed by atoms with van der Waals surface area (Å²) in [5.41, 5.74) is 2.77. The number of hydrogen-bond acceptors (Lipinski definition) is 4. The van der Waals surface area contributed by atoms with E-state index in [9.17, 15) is 14.0 Å². The lowest BCUT2D eigenvalue weighted by molar-refractivity contribution is 0.458. The van der Waals surface area contributed by atoms with Crippen molar-refractivity contribution in [2.45, 2.75) is 26.9 Å². The Labute approximate surface area is 184 Å². The second-order valence-electron chi connectivity index (χ2n) is 8.61. The summed E-state index contributed by atoms with van der Waals surface area (Å²) < 4.78 is 17.8. The Hall–Kier alpha value is -3.68. The van der Waals surface area contributed by atoms with E-state index in [0.717, 1.165) is 17.8 Å². The van der Waals surface area contributed by atoms with Crippen LogP contribution < -0.4 is 16.1 Å². The first-order valence-electron chi connectivity index (χ1n) is 10.6. The van der Waals surface area contributed by atoms with Crippen molar-refractivity contribution in [1.29, 1.82) is 0 Å². The zero-order chi connectivity index (χ0) is 22.6. The molecule has 164 valence electrons. The molecule has 0 spiro atoms. The first kappa shape index (κ1) is 20.2. The molecule has 7 nitrogen and oxygen atoms in total. The zero-order valence-electron chi connectivity index (χ0n) is 18.2. The third kappa shape index (κ3) is 3.23. The smallest absolute Gasteiger partial charge is 0.312 e. The van der Waals surface area contributed by atoms with E-state index in [4.69, 9.17) is 4.98 Å². The Kier molecular flexibility index (Phi) is 4.73. The summed E-state index contributed by atoms with van der Waals surface area (Å²) in [6, 6.07) is 14.0. The zero-order valence-corrected chi connectivity index (χ0v) is 18.2. The van der Waals surface area contributed by atoms with E-state index in [2.05, 4.69) is 17.9 Å². The first-order chi connectivity index (χ1) is 15.3. The van der Waals surface area contributed by atoms with Crippen LogP contribution in [0.4, 0.5) is 16.0 Å². The van der Waals surface area contributed by atoms with E-state index in [0.29, 0.717) is 29.2 Å². The summed E-state index contributed by atoms with van der Waals surface area (Å²) in [6.45, 7) is 5.65. The van der Waals surface area contributed by atoms with Crippen molar-refractivity contribution < 1.29 is 4.39 Å². The fourth-order valence-corrected chi connectivity index (χ4v) is 4.43. The van der Waals surface area contributed by atoms with Gasteiger partial charge in [-0.3, -0.25) is 13.9 Å². The van der Waals surface area contributed by atoms with E-state index in [1.54, 1.807) is 19.2 Å². The predicted octanol–water partition coefficient (Wildman–Crippen LogP) is 3.18. The SMILES string of the molecule is Cc1cccc(N2C[C@@H](C)Cn3c2nc2c3c(=O)n(Cc3ccc(F)cc3)c(=O)n2C)c1. The number of benzene rings is 2. The van der Waals surface area contributed by atoms with Gasteiger partial charge in [0.15, 0.2) is 11.2 Å². The quantitative estimate of drug-likeness (QED) is 0.498. The highest BCUT2D eigenvalue weighted by Crippen LogP contribution is 2.33. The molecule has 2 aromatic heterocycles. The van der Waals surface area contributed by atoms with Crippen molar-refractivity contribution in [2.24, 2.45) is 13.0 Å². The number of imidazole rings is 1. The standard InChI is InChI=1S/C24H24FN5O2/c1-15-5-4-6-19(11-15)28-12-16(2)13-29-20-21(26-23(28)29)27(3)24(32)30(22(20)31)14-17-7-9-18(25)10-8-17/h4-11,16H,12-14H2,1-3H3/t16-/m1/s1. The number of aromatic nitrogens is 4. The lowest BCUT2D eigenvalue weighted by Crippen LogP contribution is -2.40. The molecule has 8 heteroatoms. The third-order valence-electron chi connectivity index (χ3n) is 6.01. The van der Waals surface area contributed by atoms with Crippen LogP contribution in [-0.4, -0.2) is 25.2 Å². The molecule has 0 amide bonds. The fourth-order valence-electron chi connectivity index (χ4n) is 4.43. The van der Waals surface area contributed by atoms with Gasteiger partial charge in [0.05, 0.1) is 6.54 Å². The maximum absolute atomic E-state index is 13.5. The van der Waals surface area contributed by atoms with Crippen molar-refractivity contribution in [3.63, 3.8) is 0 Å². The van der Waals surface area contributed by atoms with Crippen LogP contribution >= 0.6 is 0 Å². The Morgan fingerprint density at radius 1 is 1.09 bits per heavy atom. The number of rotatable bonds is 3. The molecule has 0 saturated heterocycles. The second kappa shape index (κ2) is 7.47. The van der Waals surface area contributed by atoms with E-state index in [1.807, 2.05) is 29.7 Å². The second-order valence-corrected chi connectivity index (χ2v) is 8.61. The van der Waals surface area contributed by atoms with Gasteiger partial charge in [0.1, 0.15) is 5.82 Å². The van der Waals surface area contributed by atoms with Crippen molar-refractivity contribution in [2.75, 3.05) is 11.4 Å². The van der Waals surface area contributed by atoms with E-state index >= 15 is 0 Å². The molecule has 0 radical (unpaired) electrons. The lowest BCUT2D eigenvalue weighted by Gasteiger charge is -2.33. The van der Waals surface area contributed by atoms with Crippen LogP contribution in [0.25, 0.3) is 11.2 Å². The molecule has 0 saturated carbocycles. The number of anilines is 2. The van der Waals surface area contributed by atoms with Gasteiger partial charge < -0.3 is 9.47 Å². The monoisotopic (exact) mass is 433 g/mol. The highest BCUT2D eigenvalue weighted by molar-refractivity contribution is 5.77. The molecule has 0 bridgehead atoms.